The summed E-state index contributed by atoms with van der Waals surface area (Å²) in [5, 5.41) is 13.3. The normalized spacial score (nSPS) is 23.7. The molecule has 146 valence electrons. The molecular formula is C21H24N4O3. The van der Waals surface area contributed by atoms with Crippen LogP contribution in [0.1, 0.15) is 19.4 Å². The van der Waals surface area contributed by atoms with Gasteiger partial charge in [-0.1, -0.05) is 6.92 Å². The number of aromatic nitrogens is 1. The van der Waals surface area contributed by atoms with E-state index in [1.54, 1.807) is 12.3 Å². The maximum Gasteiger partial charge on any atom is 0.251 e. The molecule has 4 rings (SSSR count). The molecule has 1 aromatic carbocycles. The highest BCUT2D eigenvalue weighted by Crippen LogP contribution is 2.30. The molecule has 2 aliphatic rings. The highest BCUT2D eigenvalue weighted by atomic mass is 16.5. The lowest BCUT2D eigenvalue weighted by Gasteiger charge is -2.40. The number of nitriles is 1. The molecule has 1 N–H and O–H groups in total. The van der Waals surface area contributed by atoms with Gasteiger partial charge in [-0.25, -0.2) is 0 Å². The van der Waals surface area contributed by atoms with Gasteiger partial charge in [-0.3, -0.25) is 9.78 Å². The summed E-state index contributed by atoms with van der Waals surface area (Å²) in [7, 11) is 0. The Hall–Kier alpha value is -2.69. The molecule has 0 saturated carbocycles. The number of ether oxygens (including phenoxy) is 2. The van der Waals surface area contributed by atoms with Crippen LogP contribution in [0.4, 0.5) is 5.69 Å². The molecule has 2 aliphatic heterocycles. The molecule has 28 heavy (non-hydrogen) atoms. The third-order valence-electron chi connectivity index (χ3n) is 5.35. The molecule has 0 radical (unpaired) electrons. The molecule has 7 heteroatoms. The molecule has 2 aromatic rings. The lowest BCUT2D eigenvalue weighted by Crippen LogP contribution is -2.55. The van der Waals surface area contributed by atoms with Crippen molar-refractivity contribution in [2.24, 2.45) is 5.41 Å². The van der Waals surface area contributed by atoms with Gasteiger partial charge >= 0.3 is 0 Å². The fraction of sp³-hybridized carbons (Fsp3) is 0.476. The SMILES string of the molecule is C[C@@H]1CN(c2ccc(C#N)c3ncccc23)C[C@H](C(=O)NCC2(C)COC2)O1. The van der Waals surface area contributed by atoms with Crippen molar-refractivity contribution in [1.82, 2.24) is 10.3 Å². The van der Waals surface area contributed by atoms with Crippen molar-refractivity contribution in [2.45, 2.75) is 26.1 Å². The summed E-state index contributed by atoms with van der Waals surface area (Å²) in [4.78, 5) is 19.2. The van der Waals surface area contributed by atoms with Gasteiger partial charge in [0.05, 0.1) is 36.9 Å². The van der Waals surface area contributed by atoms with Gasteiger partial charge < -0.3 is 19.7 Å². The number of anilines is 1. The highest BCUT2D eigenvalue weighted by molar-refractivity contribution is 5.95. The van der Waals surface area contributed by atoms with E-state index in [9.17, 15) is 10.1 Å². The van der Waals surface area contributed by atoms with E-state index in [0.29, 0.717) is 43.9 Å². The van der Waals surface area contributed by atoms with Crippen molar-refractivity contribution >= 4 is 22.5 Å². The Morgan fingerprint density at radius 2 is 2.21 bits per heavy atom. The number of carbonyl (C=O) groups is 1. The fourth-order valence-corrected chi connectivity index (χ4v) is 3.78. The number of nitrogens with zero attached hydrogens (tertiary/aromatic N) is 3. The Labute approximate surface area is 164 Å². The lowest BCUT2D eigenvalue weighted by atomic mass is 9.88. The first-order valence-corrected chi connectivity index (χ1v) is 9.53. The minimum absolute atomic E-state index is 0.0185. The zero-order valence-corrected chi connectivity index (χ0v) is 16.1. The van der Waals surface area contributed by atoms with Crippen LogP contribution in [0.2, 0.25) is 0 Å². The molecule has 2 atom stereocenters. The first-order valence-electron chi connectivity index (χ1n) is 9.53. The van der Waals surface area contributed by atoms with Crippen LogP contribution in [0.5, 0.6) is 0 Å². The van der Waals surface area contributed by atoms with E-state index in [0.717, 1.165) is 11.1 Å². The summed E-state index contributed by atoms with van der Waals surface area (Å²) in [5.41, 5.74) is 2.21. The standard InChI is InChI=1S/C21H24N4O3/c1-14-9-25(10-18(28-14)20(26)24-11-21(2)12-27-13-21)17-6-5-15(8-22)19-16(17)4-3-7-23-19/h3-7,14,18H,9-13H2,1-2H3,(H,24,26)/t14-,18-/m1/s1. The Bertz CT molecular complexity index is 935. The number of hydrogen-bond donors (Lipinski definition) is 1. The molecule has 0 aliphatic carbocycles. The zero-order chi connectivity index (χ0) is 19.7. The summed E-state index contributed by atoms with van der Waals surface area (Å²) in [6.45, 7) is 7.13. The van der Waals surface area contributed by atoms with Crippen LogP contribution in [0, 0.1) is 16.7 Å². The Morgan fingerprint density at radius 1 is 1.39 bits per heavy atom. The van der Waals surface area contributed by atoms with Gasteiger partial charge in [-0.15, -0.1) is 0 Å². The largest absolute Gasteiger partial charge is 0.380 e. The minimum atomic E-state index is -0.546. The molecule has 1 aromatic heterocycles. The third-order valence-corrected chi connectivity index (χ3v) is 5.35. The van der Waals surface area contributed by atoms with Crippen LogP contribution in [0.3, 0.4) is 0 Å². The molecular weight excluding hydrogens is 356 g/mol. The van der Waals surface area contributed by atoms with Crippen LogP contribution >= 0.6 is 0 Å². The van der Waals surface area contributed by atoms with Gasteiger partial charge in [-0.2, -0.15) is 5.26 Å². The Morgan fingerprint density at radius 3 is 2.93 bits per heavy atom. The molecule has 0 unspecified atom stereocenters. The Kier molecular flexibility index (Phi) is 4.92. The van der Waals surface area contributed by atoms with E-state index >= 15 is 0 Å². The molecule has 7 nitrogen and oxygen atoms in total. The topological polar surface area (TPSA) is 87.5 Å². The second-order valence-electron chi connectivity index (χ2n) is 8.01. The van der Waals surface area contributed by atoms with E-state index in [1.165, 1.54) is 0 Å². The number of hydrogen-bond acceptors (Lipinski definition) is 6. The number of rotatable bonds is 4. The maximum atomic E-state index is 12.7. The smallest absolute Gasteiger partial charge is 0.251 e. The van der Waals surface area contributed by atoms with Crippen molar-refractivity contribution in [3.8, 4) is 6.07 Å². The van der Waals surface area contributed by atoms with Gasteiger partial charge in [0.1, 0.15) is 6.07 Å². The summed E-state index contributed by atoms with van der Waals surface area (Å²) >= 11 is 0. The number of amides is 1. The fourth-order valence-electron chi connectivity index (χ4n) is 3.78. The average Bonchev–Trinajstić information content (AvgIpc) is 2.69. The second-order valence-corrected chi connectivity index (χ2v) is 8.01. The molecule has 0 spiro atoms. The molecule has 0 bridgehead atoms. The molecule has 2 saturated heterocycles. The number of morpholine rings is 1. The van der Waals surface area contributed by atoms with Crippen molar-refractivity contribution < 1.29 is 14.3 Å². The Balaban J connectivity index is 1.55. The lowest BCUT2D eigenvalue weighted by molar-refractivity contribution is -0.141. The van der Waals surface area contributed by atoms with Crippen LogP contribution in [0.25, 0.3) is 10.9 Å². The molecule has 1 amide bonds. The number of benzene rings is 1. The van der Waals surface area contributed by atoms with E-state index in [1.807, 2.05) is 25.1 Å². The van der Waals surface area contributed by atoms with Gasteiger partial charge in [0.25, 0.3) is 5.91 Å². The quantitative estimate of drug-likeness (QED) is 0.871. The predicted molar refractivity (Wildman–Crippen MR) is 105 cm³/mol. The van der Waals surface area contributed by atoms with Crippen LogP contribution < -0.4 is 10.2 Å². The average molecular weight is 380 g/mol. The first-order chi connectivity index (χ1) is 13.5. The van der Waals surface area contributed by atoms with Crippen LogP contribution in [0.15, 0.2) is 30.5 Å². The summed E-state index contributed by atoms with van der Waals surface area (Å²) in [5.74, 6) is -0.0965. The summed E-state index contributed by atoms with van der Waals surface area (Å²) in [6, 6.07) is 9.75. The van der Waals surface area contributed by atoms with Crippen molar-refractivity contribution in [3.05, 3.63) is 36.0 Å². The number of pyridine rings is 1. The maximum absolute atomic E-state index is 12.7. The predicted octanol–water partition coefficient (Wildman–Crippen LogP) is 1.85. The van der Waals surface area contributed by atoms with Crippen molar-refractivity contribution in [2.75, 3.05) is 37.7 Å². The van der Waals surface area contributed by atoms with E-state index in [2.05, 4.69) is 28.2 Å². The molecule has 2 fully saturated rings. The first kappa shape index (κ1) is 18.7. The van der Waals surface area contributed by atoms with E-state index < -0.39 is 6.10 Å². The van der Waals surface area contributed by atoms with E-state index in [4.69, 9.17) is 9.47 Å². The summed E-state index contributed by atoms with van der Waals surface area (Å²) in [6.07, 6.45) is 1.06. The van der Waals surface area contributed by atoms with Crippen molar-refractivity contribution in [1.29, 1.82) is 5.26 Å². The van der Waals surface area contributed by atoms with Gasteiger partial charge in [0, 0.05) is 35.8 Å². The zero-order valence-electron chi connectivity index (χ0n) is 16.1. The van der Waals surface area contributed by atoms with Gasteiger partial charge in [0.2, 0.25) is 0 Å². The second kappa shape index (κ2) is 7.38. The van der Waals surface area contributed by atoms with Gasteiger partial charge in [0.15, 0.2) is 6.10 Å². The number of carbonyl (C=O) groups excluding carboxylic acids is 1. The monoisotopic (exact) mass is 380 g/mol. The molecule has 3 heterocycles. The van der Waals surface area contributed by atoms with Crippen molar-refractivity contribution in [3.63, 3.8) is 0 Å². The van der Waals surface area contributed by atoms with Crippen LogP contribution in [-0.4, -0.2) is 55.9 Å². The third kappa shape index (κ3) is 3.53. The minimum Gasteiger partial charge on any atom is -0.380 e. The number of nitrogens with one attached hydrogen (secondary N) is 1. The number of fused-ring (bicyclic) bond motifs is 1. The highest BCUT2D eigenvalue weighted by Gasteiger charge is 2.36. The van der Waals surface area contributed by atoms with Crippen LogP contribution in [-0.2, 0) is 14.3 Å². The van der Waals surface area contributed by atoms with Gasteiger partial charge in [-0.05, 0) is 31.2 Å². The van der Waals surface area contributed by atoms with E-state index in [-0.39, 0.29) is 17.4 Å². The summed E-state index contributed by atoms with van der Waals surface area (Å²) < 4.78 is 11.2.